The maximum Gasteiger partial charge on any atom is 0.0155 e. The van der Waals surface area contributed by atoms with E-state index in [2.05, 4.69) is 84.9 Å². The van der Waals surface area contributed by atoms with Gasteiger partial charge in [-0.2, -0.15) is 0 Å². The molecule has 3 aromatic rings. The van der Waals surface area contributed by atoms with Gasteiger partial charge in [0.05, 0.1) is 0 Å². The third-order valence-electron chi connectivity index (χ3n) is 5.29. The molecule has 0 saturated heterocycles. The van der Waals surface area contributed by atoms with E-state index in [1.807, 2.05) is 0 Å². The van der Waals surface area contributed by atoms with Crippen LogP contribution in [0, 0.1) is 0 Å². The zero-order valence-corrected chi connectivity index (χ0v) is 15.0. The maximum absolute atomic E-state index is 6.62. The normalized spacial score (nSPS) is 19.7. The summed E-state index contributed by atoms with van der Waals surface area (Å²) in [5.41, 5.74) is 12.2. The Morgan fingerprint density at radius 2 is 1.40 bits per heavy atom. The van der Waals surface area contributed by atoms with E-state index in [9.17, 15) is 0 Å². The Labute approximate surface area is 156 Å². The zero-order chi connectivity index (χ0) is 16.4. The first-order valence-electron chi connectivity index (χ1n) is 8.75. The molecule has 0 aromatic heterocycles. The van der Waals surface area contributed by atoms with Crippen LogP contribution in [-0.2, 0) is 12.8 Å². The van der Waals surface area contributed by atoms with Gasteiger partial charge >= 0.3 is 0 Å². The van der Waals surface area contributed by atoms with Gasteiger partial charge in [0.25, 0.3) is 0 Å². The van der Waals surface area contributed by atoms with E-state index in [-0.39, 0.29) is 18.4 Å². The first-order chi connectivity index (χ1) is 11.8. The fourth-order valence-electron chi connectivity index (χ4n) is 4.19. The molecule has 2 N–H and O–H groups in total. The van der Waals surface area contributed by atoms with Crippen LogP contribution in [0.15, 0.2) is 84.9 Å². The van der Waals surface area contributed by atoms with Crippen LogP contribution >= 0.6 is 12.4 Å². The highest BCUT2D eigenvalue weighted by atomic mass is 35.5. The van der Waals surface area contributed by atoms with Crippen molar-refractivity contribution < 1.29 is 0 Å². The predicted molar refractivity (Wildman–Crippen MR) is 107 cm³/mol. The lowest BCUT2D eigenvalue weighted by Gasteiger charge is -2.28. The Hall–Kier alpha value is -2.09. The largest absolute Gasteiger partial charge is 0.327 e. The molecular formula is C23H24ClN. The number of hydrogen-bond acceptors (Lipinski definition) is 1. The number of hydrogen-bond donors (Lipinski definition) is 1. The van der Waals surface area contributed by atoms with Gasteiger partial charge in [-0.05, 0) is 41.0 Å². The molecule has 0 saturated carbocycles. The lowest BCUT2D eigenvalue weighted by atomic mass is 9.77. The Bertz CT molecular complexity index is 801. The Kier molecular flexibility index (Phi) is 5.57. The van der Waals surface area contributed by atoms with Crippen molar-refractivity contribution in [3.63, 3.8) is 0 Å². The van der Waals surface area contributed by atoms with Crippen molar-refractivity contribution in [3.8, 4) is 0 Å². The van der Waals surface area contributed by atoms with E-state index in [4.69, 9.17) is 5.73 Å². The molecule has 1 aliphatic carbocycles. The molecule has 0 aliphatic heterocycles. The summed E-state index contributed by atoms with van der Waals surface area (Å²) in [4.78, 5) is 0. The van der Waals surface area contributed by atoms with Gasteiger partial charge in [-0.15, -0.1) is 12.4 Å². The maximum atomic E-state index is 6.62. The number of nitrogens with two attached hydrogens (primary N) is 1. The highest BCUT2D eigenvalue weighted by Gasteiger charge is 2.36. The van der Waals surface area contributed by atoms with E-state index in [1.165, 1.54) is 22.3 Å². The van der Waals surface area contributed by atoms with Crippen LogP contribution in [0.2, 0.25) is 0 Å². The number of benzene rings is 3. The van der Waals surface area contributed by atoms with Crippen LogP contribution in [0.4, 0.5) is 0 Å². The van der Waals surface area contributed by atoms with E-state index >= 15 is 0 Å². The average Bonchev–Trinajstić information content (AvgIpc) is 2.97. The van der Waals surface area contributed by atoms with Crippen LogP contribution in [0.5, 0.6) is 0 Å². The lowest BCUT2D eigenvalue weighted by Crippen LogP contribution is -2.30. The van der Waals surface area contributed by atoms with Crippen molar-refractivity contribution in [3.05, 3.63) is 107 Å². The van der Waals surface area contributed by atoms with Gasteiger partial charge in [0.15, 0.2) is 0 Å². The SMILES string of the molecule is Cl.NC1Cc2ccccc2C1C(Cc1ccccc1)c1ccccc1. The summed E-state index contributed by atoms with van der Waals surface area (Å²) in [6.07, 6.45) is 2.01. The molecule has 0 fully saturated rings. The van der Waals surface area contributed by atoms with E-state index in [0.717, 1.165) is 12.8 Å². The molecule has 0 heterocycles. The third-order valence-corrected chi connectivity index (χ3v) is 5.29. The Morgan fingerprint density at radius 1 is 0.800 bits per heavy atom. The van der Waals surface area contributed by atoms with Gasteiger partial charge in [0.1, 0.15) is 0 Å². The molecule has 4 rings (SSSR count). The second-order valence-corrected chi connectivity index (χ2v) is 6.80. The summed E-state index contributed by atoms with van der Waals surface area (Å²) >= 11 is 0. The lowest BCUT2D eigenvalue weighted by molar-refractivity contribution is 0.474. The summed E-state index contributed by atoms with van der Waals surface area (Å²) in [6.45, 7) is 0. The zero-order valence-electron chi connectivity index (χ0n) is 14.2. The van der Waals surface area contributed by atoms with E-state index in [0.29, 0.717) is 11.8 Å². The molecule has 0 radical (unpaired) electrons. The smallest absolute Gasteiger partial charge is 0.0155 e. The highest BCUT2D eigenvalue weighted by Crippen LogP contribution is 2.43. The minimum Gasteiger partial charge on any atom is -0.327 e. The van der Waals surface area contributed by atoms with Gasteiger partial charge in [-0.1, -0.05) is 84.9 Å². The first kappa shape index (κ1) is 17.7. The van der Waals surface area contributed by atoms with Crippen LogP contribution in [0.25, 0.3) is 0 Å². The minimum absolute atomic E-state index is 0. The second-order valence-electron chi connectivity index (χ2n) is 6.80. The minimum atomic E-state index is 0. The molecule has 1 nitrogen and oxygen atoms in total. The van der Waals surface area contributed by atoms with Crippen LogP contribution < -0.4 is 5.73 Å². The van der Waals surface area contributed by atoms with Gasteiger partial charge in [0, 0.05) is 12.0 Å². The molecular weight excluding hydrogens is 326 g/mol. The molecule has 3 unspecified atom stereocenters. The van der Waals surface area contributed by atoms with Gasteiger partial charge in [0.2, 0.25) is 0 Å². The molecule has 0 amide bonds. The van der Waals surface area contributed by atoms with E-state index < -0.39 is 0 Å². The molecule has 25 heavy (non-hydrogen) atoms. The predicted octanol–water partition coefficient (Wildman–Crippen LogP) is 5.10. The Balaban J connectivity index is 0.00000182. The molecule has 0 bridgehead atoms. The number of halogens is 1. The van der Waals surface area contributed by atoms with Crippen molar-refractivity contribution in [2.45, 2.75) is 30.7 Å². The molecule has 128 valence electrons. The topological polar surface area (TPSA) is 26.0 Å². The third kappa shape index (κ3) is 3.63. The number of rotatable bonds is 4. The summed E-state index contributed by atoms with van der Waals surface area (Å²) in [5.74, 6) is 0.788. The van der Waals surface area contributed by atoms with Crippen molar-refractivity contribution in [2.75, 3.05) is 0 Å². The monoisotopic (exact) mass is 349 g/mol. The van der Waals surface area contributed by atoms with Crippen LogP contribution in [0.3, 0.4) is 0 Å². The van der Waals surface area contributed by atoms with E-state index in [1.54, 1.807) is 0 Å². The molecule has 1 aliphatic rings. The fraction of sp³-hybridized carbons (Fsp3) is 0.217. The summed E-state index contributed by atoms with van der Waals surface area (Å²) in [6, 6.07) is 30.6. The highest BCUT2D eigenvalue weighted by molar-refractivity contribution is 5.85. The molecule has 2 heteroatoms. The first-order valence-corrected chi connectivity index (χ1v) is 8.75. The molecule has 3 aromatic carbocycles. The van der Waals surface area contributed by atoms with Crippen molar-refractivity contribution >= 4 is 12.4 Å². The van der Waals surface area contributed by atoms with Crippen molar-refractivity contribution in [1.82, 2.24) is 0 Å². The molecule has 0 spiro atoms. The fourth-order valence-corrected chi connectivity index (χ4v) is 4.19. The summed E-state index contributed by atoms with van der Waals surface area (Å²) in [5, 5.41) is 0. The van der Waals surface area contributed by atoms with Gasteiger partial charge in [-0.3, -0.25) is 0 Å². The van der Waals surface area contributed by atoms with Crippen molar-refractivity contribution in [1.29, 1.82) is 0 Å². The van der Waals surface area contributed by atoms with Crippen molar-refractivity contribution in [2.24, 2.45) is 5.73 Å². The molecule has 3 atom stereocenters. The van der Waals surface area contributed by atoms with Crippen LogP contribution in [-0.4, -0.2) is 6.04 Å². The summed E-state index contributed by atoms with van der Waals surface area (Å²) in [7, 11) is 0. The second kappa shape index (κ2) is 7.86. The van der Waals surface area contributed by atoms with Crippen LogP contribution in [0.1, 0.15) is 34.1 Å². The van der Waals surface area contributed by atoms with Gasteiger partial charge < -0.3 is 5.73 Å². The number of fused-ring (bicyclic) bond motifs is 1. The standard InChI is InChI=1S/C23H23N.ClH/c24-22-16-19-13-7-8-14-20(19)23(22)21(18-11-5-2-6-12-18)15-17-9-3-1-4-10-17;/h1-14,21-23H,15-16,24H2;1H. The summed E-state index contributed by atoms with van der Waals surface area (Å²) < 4.78 is 0. The Morgan fingerprint density at radius 3 is 2.12 bits per heavy atom. The average molecular weight is 350 g/mol. The quantitative estimate of drug-likeness (QED) is 0.696. The van der Waals surface area contributed by atoms with Gasteiger partial charge in [-0.25, -0.2) is 0 Å².